The summed E-state index contributed by atoms with van der Waals surface area (Å²) in [6, 6.07) is 44.3. The number of hydrogen-bond acceptors (Lipinski definition) is 0. The monoisotopic (exact) mass is 388 g/mol. The van der Waals surface area contributed by atoms with Crippen LogP contribution in [0.3, 0.4) is 0 Å². The first kappa shape index (κ1) is 17.9. The predicted octanol–water partition coefficient (Wildman–Crippen LogP) is 6.26. The molecular weight excluding hydrogens is 364 g/mol. The van der Waals surface area contributed by atoms with Crippen LogP contribution in [0.1, 0.15) is 33.3 Å². The highest BCUT2D eigenvalue weighted by atomic mass is 28.2. The second-order valence-electron chi connectivity index (χ2n) is 7.72. The molecule has 0 N–H and O–H groups in total. The molecule has 0 saturated carbocycles. The van der Waals surface area contributed by atoms with Crippen molar-refractivity contribution in [3.05, 3.63) is 144 Å². The Kier molecular flexibility index (Phi) is 4.98. The van der Waals surface area contributed by atoms with E-state index in [9.17, 15) is 0 Å². The van der Waals surface area contributed by atoms with E-state index in [-0.39, 0.29) is 0 Å². The van der Waals surface area contributed by atoms with Gasteiger partial charge < -0.3 is 0 Å². The smallest absolute Gasteiger partial charge is 0.0483 e. The molecule has 1 heterocycles. The summed E-state index contributed by atoms with van der Waals surface area (Å²) in [5, 5.41) is 0. The lowest BCUT2D eigenvalue weighted by atomic mass is 9.87. The van der Waals surface area contributed by atoms with Crippen LogP contribution in [0.5, 0.6) is 0 Å². The van der Waals surface area contributed by atoms with Gasteiger partial charge in [-0.25, -0.2) is 0 Å². The van der Waals surface area contributed by atoms with Crippen molar-refractivity contribution in [3.8, 4) is 0 Å². The van der Waals surface area contributed by atoms with Gasteiger partial charge >= 0.3 is 0 Å². The zero-order chi connectivity index (χ0) is 19.5. The minimum absolute atomic E-state index is 0.482. The van der Waals surface area contributed by atoms with Crippen LogP contribution in [0.15, 0.2) is 121 Å². The highest BCUT2D eigenvalue weighted by molar-refractivity contribution is 6.52. The normalized spacial score (nSPS) is 19.6. The van der Waals surface area contributed by atoms with Gasteiger partial charge in [0.25, 0.3) is 0 Å². The van der Waals surface area contributed by atoms with Gasteiger partial charge in [0.2, 0.25) is 0 Å². The van der Waals surface area contributed by atoms with Crippen LogP contribution in [0, 0.1) is 0 Å². The van der Waals surface area contributed by atoms with Crippen molar-refractivity contribution in [1.82, 2.24) is 0 Å². The Balaban J connectivity index is 1.77. The molecule has 1 aliphatic rings. The van der Waals surface area contributed by atoms with Crippen LogP contribution in [0.4, 0.5) is 0 Å². The first-order valence-corrected chi connectivity index (χ1v) is 12.0. The van der Waals surface area contributed by atoms with E-state index in [4.69, 9.17) is 0 Å². The molecule has 0 aliphatic carbocycles. The molecule has 0 bridgehead atoms. The maximum atomic E-state index is 2.32. The van der Waals surface area contributed by atoms with E-state index in [0.717, 1.165) is 0 Å². The third-order valence-corrected chi connectivity index (χ3v) is 8.73. The van der Waals surface area contributed by atoms with E-state index < -0.39 is 9.52 Å². The molecule has 0 spiro atoms. The lowest BCUT2D eigenvalue weighted by Gasteiger charge is -2.18. The van der Waals surface area contributed by atoms with Crippen molar-refractivity contribution in [2.45, 2.75) is 11.1 Å². The fourth-order valence-corrected chi connectivity index (χ4v) is 7.71. The van der Waals surface area contributed by atoms with E-state index in [1.807, 2.05) is 0 Å². The summed E-state index contributed by atoms with van der Waals surface area (Å²) in [4.78, 5) is 0. The zero-order valence-corrected chi connectivity index (χ0v) is 17.8. The van der Waals surface area contributed by atoms with Crippen LogP contribution in [0.25, 0.3) is 11.1 Å². The predicted molar refractivity (Wildman–Crippen MR) is 127 cm³/mol. The Labute approximate surface area is 175 Å². The molecule has 4 aromatic rings. The molecule has 0 nitrogen and oxygen atoms in total. The fourth-order valence-electron chi connectivity index (χ4n) is 4.77. The lowest BCUT2D eigenvalue weighted by molar-refractivity contribution is 1.19. The van der Waals surface area contributed by atoms with E-state index in [0.29, 0.717) is 11.1 Å². The van der Waals surface area contributed by atoms with E-state index in [2.05, 4.69) is 121 Å². The summed E-state index contributed by atoms with van der Waals surface area (Å²) in [5.74, 6) is 0. The van der Waals surface area contributed by atoms with Gasteiger partial charge in [0.05, 0.1) is 0 Å². The number of hydrogen-bond donors (Lipinski definition) is 0. The lowest BCUT2D eigenvalue weighted by Crippen LogP contribution is -2.11. The van der Waals surface area contributed by atoms with Crippen molar-refractivity contribution in [2.75, 3.05) is 0 Å². The van der Waals surface area contributed by atoms with Gasteiger partial charge in [0.1, 0.15) is 0 Å². The Morgan fingerprint density at radius 3 is 1.03 bits per heavy atom. The van der Waals surface area contributed by atoms with Crippen LogP contribution in [-0.2, 0) is 0 Å². The first-order valence-electron chi connectivity index (χ1n) is 10.4. The molecule has 5 rings (SSSR count). The van der Waals surface area contributed by atoms with Crippen LogP contribution in [-0.4, -0.2) is 9.52 Å². The number of benzene rings is 4. The van der Waals surface area contributed by atoms with Gasteiger partial charge in [-0.1, -0.05) is 121 Å². The van der Waals surface area contributed by atoms with Crippen molar-refractivity contribution in [2.24, 2.45) is 0 Å². The van der Waals surface area contributed by atoms with Gasteiger partial charge in [-0.15, -0.1) is 0 Å². The van der Waals surface area contributed by atoms with Crippen molar-refractivity contribution in [1.29, 1.82) is 0 Å². The Bertz CT molecular complexity index is 1010. The SMILES string of the molecule is c1ccc(C2=C(c3ccccc3)C(c3ccccc3)[SiH2]C2c2ccccc2)cc1. The molecule has 0 radical (unpaired) electrons. The number of rotatable bonds is 4. The Morgan fingerprint density at radius 1 is 0.379 bits per heavy atom. The average molecular weight is 389 g/mol. The largest absolute Gasteiger partial charge is 0.0622 e. The van der Waals surface area contributed by atoms with Gasteiger partial charge in [0.15, 0.2) is 0 Å². The van der Waals surface area contributed by atoms with Crippen molar-refractivity contribution < 1.29 is 0 Å². The molecule has 0 aromatic heterocycles. The summed E-state index contributed by atoms with van der Waals surface area (Å²) in [6.45, 7) is 0. The van der Waals surface area contributed by atoms with Crippen LogP contribution < -0.4 is 0 Å². The summed E-state index contributed by atoms with van der Waals surface area (Å²) in [7, 11) is -0.482. The maximum Gasteiger partial charge on any atom is 0.0483 e. The molecule has 4 aromatic carbocycles. The molecule has 2 atom stereocenters. The topological polar surface area (TPSA) is 0 Å². The average Bonchev–Trinajstić information content (AvgIpc) is 3.22. The quantitative estimate of drug-likeness (QED) is 0.362. The van der Waals surface area contributed by atoms with Crippen molar-refractivity contribution >= 4 is 20.7 Å². The third-order valence-electron chi connectivity index (χ3n) is 6.03. The molecule has 2 unspecified atom stereocenters. The highest BCUT2D eigenvalue weighted by Crippen LogP contribution is 2.51. The molecular formula is C28H24Si. The summed E-state index contributed by atoms with van der Waals surface area (Å²) < 4.78 is 0. The zero-order valence-electron chi connectivity index (χ0n) is 16.4. The minimum Gasteiger partial charge on any atom is -0.0622 e. The second-order valence-corrected chi connectivity index (χ2v) is 9.83. The van der Waals surface area contributed by atoms with Crippen LogP contribution in [0.2, 0.25) is 0 Å². The van der Waals surface area contributed by atoms with E-state index in [1.54, 1.807) is 0 Å². The minimum atomic E-state index is -0.482. The highest BCUT2D eigenvalue weighted by Gasteiger charge is 2.36. The van der Waals surface area contributed by atoms with E-state index >= 15 is 0 Å². The molecule has 29 heavy (non-hydrogen) atoms. The second kappa shape index (κ2) is 8.06. The third kappa shape index (κ3) is 3.50. The fraction of sp³-hybridized carbons (Fsp3) is 0.0714. The number of allylic oxidation sites excluding steroid dienone is 2. The van der Waals surface area contributed by atoms with Gasteiger partial charge in [-0.05, 0) is 44.5 Å². The van der Waals surface area contributed by atoms with Gasteiger partial charge in [-0.2, -0.15) is 0 Å². The summed E-state index contributed by atoms with van der Waals surface area (Å²) in [6.07, 6.45) is 0. The van der Waals surface area contributed by atoms with Crippen LogP contribution >= 0.6 is 0 Å². The summed E-state index contributed by atoms with van der Waals surface area (Å²) in [5.41, 5.74) is 9.78. The summed E-state index contributed by atoms with van der Waals surface area (Å²) >= 11 is 0. The van der Waals surface area contributed by atoms with Gasteiger partial charge in [0, 0.05) is 9.52 Å². The van der Waals surface area contributed by atoms with E-state index in [1.165, 1.54) is 33.4 Å². The van der Waals surface area contributed by atoms with Gasteiger partial charge in [-0.3, -0.25) is 0 Å². The molecule has 140 valence electrons. The first-order chi connectivity index (χ1) is 14.4. The molecule has 0 fully saturated rings. The Hall–Kier alpha value is -3.16. The molecule has 1 heteroatoms. The Morgan fingerprint density at radius 2 is 0.690 bits per heavy atom. The molecule has 0 amide bonds. The molecule has 0 saturated heterocycles. The molecule has 1 aliphatic heterocycles. The standard InChI is InChI=1S/C28H24Si/c1-5-13-21(14-6-1)25-26(22-15-7-2-8-16-22)28(24-19-11-4-12-20-24)29-27(25)23-17-9-3-10-18-23/h1-20,27-28H,29H2. The van der Waals surface area contributed by atoms with Crippen molar-refractivity contribution in [3.63, 3.8) is 0 Å². The maximum absolute atomic E-state index is 2.32.